The number of nitrogens with zero attached hydrogens (tertiary/aromatic N) is 3. The number of hydroxylamine groups is 1. The summed E-state index contributed by atoms with van der Waals surface area (Å²) < 4.78 is 20.6. The highest BCUT2D eigenvalue weighted by molar-refractivity contribution is 7.99. The third-order valence-electron chi connectivity index (χ3n) is 2.98. The molecule has 0 fully saturated rings. The molecule has 0 unspecified atom stereocenters. The van der Waals surface area contributed by atoms with Crippen LogP contribution in [0.15, 0.2) is 32.8 Å². The number of carbonyl (C=O) groups is 1. The van der Waals surface area contributed by atoms with Crippen LogP contribution in [-0.2, 0) is 14.6 Å². The van der Waals surface area contributed by atoms with E-state index in [1.54, 1.807) is 0 Å². The summed E-state index contributed by atoms with van der Waals surface area (Å²) >= 11 is 7.48. The summed E-state index contributed by atoms with van der Waals surface area (Å²) in [4.78, 5) is 24.7. The molecule has 0 aliphatic carbocycles. The van der Waals surface area contributed by atoms with Crippen molar-refractivity contribution in [3.05, 3.63) is 34.7 Å². The summed E-state index contributed by atoms with van der Waals surface area (Å²) in [6.45, 7) is 0. The maximum absolute atomic E-state index is 13.3. The third kappa shape index (κ3) is 6.03. The molecule has 28 heavy (non-hydrogen) atoms. The second-order valence-electron chi connectivity index (χ2n) is 4.76. The number of amidine groups is 1. The Bertz CT molecular complexity index is 842. The highest BCUT2D eigenvalue weighted by atomic mass is 35.5. The van der Waals surface area contributed by atoms with Crippen molar-refractivity contribution in [3.63, 3.8) is 0 Å². The van der Waals surface area contributed by atoms with Crippen LogP contribution in [0.3, 0.4) is 0 Å². The maximum atomic E-state index is 13.3. The van der Waals surface area contributed by atoms with E-state index in [0.717, 1.165) is 30.0 Å². The molecular weight excluding hydrogens is 439 g/mol. The highest BCUT2D eigenvalue weighted by Crippen LogP contribution is 2.24. The van der Waals surface area contributed by atoms with Gasteiger partial charge in [-0.2, -0.15) is 4.89 Å². The van der Waals surface area contributed by atoms with Gasteiger partial charge < -0.3 is 0 Å². The summed E-state index contributed by atoms with van der Waals surface area (Å²) in [6.07, 6.45) is 0. The van der Waals surface area contributed by atoms with Crippen LogP contribution in [0.25, 0.3) is 0 Å². The Morgan fingerprint density at radius 1 is 1.54 bits per heavy atom. The van der Waals surface area contributed by atoms with Crippen LogP contribution in [0.5, 0.6) is 0 Å². The van der Waals surface area contributed by atoms with Gasteiger partial charge in [0, 0.05) is 17.9 Å². The smallest absolute Gasteiger partial charge is 0.297 e. The predicted molar refractivity (Wildman–Crippen MR) is 99.4 cm³/mol. The number of halogens is 2. The van der Waals surface area contributed by atoms with Crippen molar-refractivity contribution in [2.24, 2.45) is 10.1 Å². The minimum Gasteiger partial charge on any atom is -0.297 e. The van der Waals surface area contributed by atoms with Gasteiger partial charge in [-0.3, -0.25) is 20.7 Å². The van der Waals surface area contributed by atoms with Gasteiger partial charge in [-0.25, -0.2) is 23.5 Å². The average molecular weight is 453 g/mol. The first-order valence-corrected chi connectivity index (χ1v) is 9.49. The van der Waals surface area contributed by atoms with Crippen molar-refractivity contribution in [3.8, 4) is 0 Å². The normalized spacial score (nSPS) is 12.7. The molecule has 1 heterocycles. The van der Waals surface area contributed by atoms with Gasteiger partial charge in [0.15, 0.2) is 16.6 Å². The Morgan fingerprint density at radius 3 is 2.96 bits per heavy atom. The topological polar surface area (TPSA) is 157 Å². The number of hydrogen-bond acceptors (Lipinski definition) is 12. The van der Waals surface area contributed by atoms with E-state index in [4.69, 9.17) is 16.7 Å². The first-order chi connectivity index (χ1) is 13.5. The zero-order valence-corrected chi connectivity index (χ0v) is 16.5. The Balaban J connectivity index is 2.19. The van der Waals surface area contributed by atoms with E-state index in [2.05, 4.69) is 34.4 Å². The fourth-order valence-electron chi connectivity index (χ4n) is 1.77. The number of aliphatic imine (C=N–C) groups is 1. The fourth-order valence-corrected chi connectivity index (χ4v) is 3.29. The molecule has 0 spiro atoms. The Labute approximate surface area is 171 Å². The Morgan fingerprint density at radius 2 is 2.32 bits per heavy atom. The van der Waals surface area contributed by atoms with Gasteiger partial charge in [0.05, 0.1) is 17.8 Å². The molecule has 1 atom stereocenters. The molecule has 2 rings (SSSR count). The van der Waals surface area contributed by atoms with E-state index in [9.17, 15) is 14.4 Å². The molecule has 2 aromatic rings. The Hall–Kier alpha value is -1.94. The highest BCUT2D eigenvalue weighted by Gasteiger charge is 2.24. The molecule has 0 amide bonds. The molecule has 15 heteroatoms. The molecule has 0 saturated carbocycles. The molecule has 1 aromatic heterocycles. The molecule has 152 valence electrons. The predicted octanol–water partition coefficient (Wildman–Crippen LogP) is 1.60. The van der Waals surface area contributed by atoms with Crippen LogP contribution < -0.4 is 15.3 Å². The number of hydrogen-bond donors (Lipinski definition) is 4. The van der Waals surface area contributed by atoms with Crippen molar-refractivity contribution in [1.82, 2.24) is 20.5 Å². The third-order valence-corrected chi connectivity index (χ3v) is 4.73. The number of carbonyl (C=O) groups excluding carboxylic acids is 1. The van der Waals surface area contributed by atoms with Gasteiger partial charge in [0.2, 0.25) is 0 Å². The van der Waals surface area contributed by atoms with Gasteiger partial charge in [-0.15, -0.1) is 0 Å². The zero-order valence-electron chi connectivity index (χ0n) is 14.1. The van der Waals surface area contributed by atoms with Gasteiger partial charge in [0.1, 0.15) is 11.9 Å². The molecule has 0 radical (unpaired) electrons. The number of aromatic nitrogens is 2. The quantitative estimate of drug-likeness (QED) is 0.109. The average Bonchev–Trinajstić information content (AvgIpc) is 3.14. The van der Waals surface area contributed by atoms with Crippen LogP contribution in [0.2, 0.25) is 5.02 Å². The first-order valence-electron chi connectivity index (χ1n) is 7.25. The summed E-state index contributed by atoms with van der Waals surface area (Å²) in [5.41, 5.74) is 2.16. The number of benzene rings is 1. The number of nitrogens with two attached hydrogens (primary N) is 1. The van der Waals surface area contributed by atoms with Gasteiger partial charge in [-0.05, 0) is 28.5 Å². The van der Waals surface area contributed by atoms with Gasteiger partial charge >= 0.3 is 5.97 Å². The largest absolute Gasteiger partial charge is 0.360 e. The summed E-state index contributed by atoms with van der Waals surface area (Å²) in [5.74, 6) is -1.35. The van der Waals surface area contributed by atoms with Crippen molar-refractivity contribution < 1.29 is 28.8 Å². The number of thioether (sulfide) groups is 1. The SMILES string of the molecule is COOC(=O)[C@H](CSc1nonc1C(=Nc1ccc(F)c(Cl)c1)NO)NSN. The van der Waals surface area contributed by atoms with Crippen LogP contribution in [-0.4, -0.2) is 46.2 Å². The zero-order chi connectivity index (χ0) is 20.5. The lowest BCUT2D eigenvalue weighted by Crippen LogP contribution is -2.37. The molecule has 0 bridgehead atoms. The van der Waals surface area contributed by atoms with E-state index in [0.29, 0.717) is 0 Å². The van der Waals surface area contributed by atoms with Crippen LogP contribution in [0.4, 0.5) is 10.1 Å². The monoisotopic (exact) mass is 452 g/mol. The minimum absolute atomic E-state index is 0.0483. The summed E-state index contributed by atoms with van der Waals surface area (Å²) in [6, 6.07) is 2.88. The van der Waals surface area contributed by atoms with E-state index in [1.165, 1.54) is 19.2 Å². The van der Waals surface area contributed by atoms with Crippen LogP contribution in [0, 0.1) is 5.82 Å². The molecule has 5 N–H and O–H groups in total. The van der Waals surface area contributed by atoms with Gasteiger partial charge in [-0.1, -0.05) is 23.4 Å². The van der Waals surface area contributed by atoms with E-state index < -0.39 is 17.8 Å². The van der Waals surface area contributed by atoms with Crippen molar-refractivity contribution in [2.45, 2.75) is 11.1 Å². The first kappa shape index (κ1) is 22.4. The molecule has 0 saturated heterocycles. The second kappa shape index (κ2) is 11.2. The van der Waals surface area contributed by atoms with E-state index in [-0.39, 0.29) is 33.0 Å². The van der Waals surface area contributed by atoms with Crippen molar-refractivity contribution >= 4 is 53.0 Å². The minimum atomic E-state index is -0.845. The van der Waals surface area contributed by atoms with Crippen LogP contribution in [0.1, 0.15) is 5.69 Å². The maximum Gasteiger partial charge on any atom is 0.360 e. The lowest BCUT2D eigenvalue weighted by atomic mass is 10.3. The second-order valence-corrected chi connectivity index (χ2v) is 6.64. The van der Waals surface area contributed by atoms with Crippen LogP contribution >= 0.6 is 35.5 Å². The molecule has 0 aliphatic rings. The summed E-state index contributed by atoms with van der Waals surface area (Å²) in [5, 5.41) is 22.2. The van der Waals surface area contributed by atoms with E-state index >= 15 is 0 Å². The lowest BCUT2D eigenvalue weighted by molar-refractivity contribution is -0.256. The lowest BCUT2D eigenvalue weighted by Gasteiger charge is -2.12. The fraction of sp³-hybridized carbons (Fsp3) is 0.231. The Kier molecular flexibility index (Phi) is 8.91. The number of rotatable bonds is 9. The van der Waals surface area contributed by atoms with E-state index in [1.807, 2.05) is 5.48 Å². The number of nitrogens with one attached hydrogen (secondary N) is 2. The molecule has 0 aliphatic heterocycles. The molecular formula is C13H14ClFN6O5S2. The standard InChI is InChI=1S/C13H14ClFN6O5S2/c1-24-25-13(22)9(21-28-16)5-27-12-10(19-26-20-12)11(18-23)17-6-2-3-8(15)7(14)4-6/h2-4,9,21,23H,5,16H2,1H3,(H,17,18)/t9-/m0/s1. The van der Waals surface area contributed by atoms with Crippen molar-refractivity contribution in [2.75, 3.05) is 12.9 Å². The summed E-state index contributed by atoms with van der Waals surface area (Å²) in [7, 11) is 1.19. The molecule has 11 nitrogen and oxygen atoms in total. The van der Waals surface area contributed by atoms with Gasteiger partial charge in [0.25, 0.3) is 0 Å². The molecule has 1 aromatic carbocycles. The van der Waals surface area contributed by atoms with Crippen molar-refractivity contribution in [1.29, 1.82) is 0 Å².